The predicted octanol–water partition coefficient (Wildman–Crippen LogP) is 2.29. The summed E-state index contributed by atoms with van der Waals surface area (Å²) in [6, 6.07) is 5.46. The van der Waals surface area contributed by atoms with Gasteiger partial charge in [0.15, 0.2) is 11.5 Å². The lowest BCUT2D eigenvalue weighted by molar-refractivity contribution is 0.0660. The highest BCUT2D eigenvalue weighted by atomic mass is 16.5. The Bertz CT molecular complexity index is 517. The lowest BCUT2D eigenvalue weighted by atomic mass is 9.92. The number of carbonyl (C=O) groups excluding carboxylic acids is 1. The first-order valence-corrected chi connectivity index (χ1v) is 7.92. The van der Waals surface area contributed by atoms with Crippen molar-refractivity contribution in [2.24, 2.45) is 11.7 Å². The van der Waals surface area contributed by atoms with Crippen LogP contribution in [0.25, 0.3) is 0 Å². The fourth-order valence-electron chi connectivity index (χ4n) is 2.88. The largest absolute Gasteiger partial charge is 0.493 e. The van der Waals surface area contributed by atoms with Gasteiger partial charge in [-0.25, -0.2) is 0 Å². The lowest BCUT2D eigenvalue weighted by Gasteiger charge is -2.34. The molecule has 1 aliphatic heterocycles. The van der Waals surface area contributed by atoms with Crippen LogP contribution in [0.3, 0.4) is 0 Å². The predicted molar refractivity (Wildman–Crippen MR) is 86.4 cm³/mol. The van der Waals surface area contributed by atoms with Gasteiger partial charge in [-0.05, 0) is 50.8 Å². The van der Waals surface area contributed by atoms with Crippen molar-refractivity contribution in [3.63, 3.8) is 0 Å². The van der Waals surface area contributed by atoms with Crippen molar-refractivity contribution in [3.8, 4) is 11.5 Å². The molecule has 1 aromatic rings. The summed E-state index contributed by atoms with van der Waals surface area (Å²) in [4.78, 5) is 14.6. The first-order chi connectivity index (χ1) is 10.6. The molecule has 1 saturated heterocycles. The van der Waals surface area contributed by atoms with Crippen molar-refractivity contribution >= 4 is 5.91 Å². The van der Waals surface area contributed by atoms with Crippen molar-refractivity contribution in [1.82, 2.24) is 4.90 Å². The molecule has 0 saturated carbocycles. The zero-order chi connectivity index (χ0) is 16.1. The molecule has 2 rings (SSSR count). The number of hydrogen-bond acceptors (Lipinski definition) is 4. The third-order valence-electron chi connectivity index (χ3n) is 4.20. The molecule has 1 fully saturated rings. The Morgan fingerprint density at radius 2 is 2.23 bits per heavy atom. The van der Waals surface area contributed by atoms with E-state index in [0.717, 1.165) is 25.9 Å². The number of likely N-dealkylation sites (tertiary alicyclic amines) is 1. The van der Waals surface area contributed by atoms with E-state index in [1.165, 1.54) is 0 Å². The van der Waals surface area contributed by atoms with E-state index in [-0.39, 0.29) is 11.9 Å². The second-order valence-corrected chi connectivity index (χ2v) is 5.81. The van der Waals surface area contributed by atoms with Gasteiger partial charge in [-0.2, -0.15) is 0 Å². The van der Waals surface area contributed by atoms with E-state index in [2.05, 4.69) is 0 Å². The highest BCUT2D eigenvalue weighted by Crippen LogP contribution is 2.29. The minimum atomic E-state index is 0.0340. The fraction of sp³-hybridized carbons (Fsp3) is 0.588. The van der Waals surface area contributed by atoms with Gasteiger partial charge >= 0.3 is 0 Å². The maximum Gasteiger partial charge on any atom is 0.254 e. The van der Waals surface area contributed by atoms with Gasteiger partial charge in [0, 0.05) is 24.7 Å². The quantitative estimate of drug-likeness (QED) is 0.906. The van der Waals surface area contributed by atoms with Gasteiger partial charge in [-0.3, -0.25) is 4.79 Å². The summed E-state index contributed by atoms with van der Waals surface area (Å²) in [5.41, 5.74) is 6.62. The van der Waals surface area contributed by atoms with Crippen LogP contribution in [0.4, 0.5) is 0 Å². The average Bonchev–Trinajstić information content (AvgIpc) is 2.55. The van der Waals surface area contributed by atoms with Crippen LogP contribution in [0, 0.1) is 5.92 Å². The van der Waals surface area contributed by atoms with Gasteiger partial charge < -0.3 is 20.1 Å². The lowest BCUT2D eigenvalue weighted by Crippen LogP contribution is -2.45. The van der Waals surface area contributed by atoms with Crippen LogP contribution in [-0.2, 0) is 0 Å². The van der Waals surface area contributed by atoms with Crippen LogP contribution in [-0.4, -0.2) is 43.7 Å². The summed E-state index contributed by atoms with van der Waals surface area (Å²) >= 11 is 0. The van der Waals surface area contributed by atoms with E-state index < -0.39 is 0 Å². The van der Waals surface area contributed by atoms with E-state index in [1.807, 2.05) is 18.7 Å². The molecule has 5 heteroatoms. The Hall–Kier alpha value is -1.75. The molecule has 2 atom stereocenters. The summed E-state index contributed by atoms with van der Waals surface area (Å²) in [5.74, 6) is 1.66. The van der Waals surface area contributed by atoms with Crippen LogP contribution >= 0.6 is 0 Å². The SMILES string of the molecule is CCOc1ccc(C(=O)N2CCC[C@H]([C@@H](C)N)C2)cc1OC. The van der Waals surface area contributed by atoms with E-state index in [9.17, 15) is 4.79 Å². The summed E-state index contributed by atoms with van der Waals surface area (Å²) in [6.07, 6.45) is 2.10. The average molecular weight is 306 g/mol. The molecule has 0 aliphatic carbocycles. The molecule has 1 aliphatic rings. The molecule has 5 nitrogen and oxygen atoms in total. The highest BCUT2D eigenvalue weighted by molar-refractivity contribution is 5.95. The van der Waals surface area contributed by atoms with E-state index >= 15 is 0 Å². The number of nitrogens with zero attached hydrogens (tertiary/aromatic N) is 1. The Morgan fingerprint density at radius 1 is 1.45 bits per heavy atom. The molecule has 122 valence electrons. The number of carbonyl (C=O) groups is 1. The zero-order valence-electron chi connectivity index (χ0n) is 13.7. The molecule has 0 bridgehead atoms. The molecule has 22 heavy (non-hydrogen) atoms. The van der Waals surface area contributed by atoms with Crippen molar-refractivity contribution in [2.45, 2.75) is 32.7 Å². The van der Waals surface area contributed by atoms with Gasteiger partial charge in [0.05, 0.1) is 13.7 Å². The number of methoxy groups -OCH3 is 1. The summed E-state index contributed by atoms with van der Waals surface area (Å²) < 4.78 is 10.8. The minimum Gasteiger partial charge on any atom is -0.493 e. The zero-order valence-corrected chi connectivity index (χ0v) is 13.7. The van der Waals surface area contributed by atoms with Crippen molar-refractivity contribution in [3.05, 3.63) is 23.8 Å². The van der Waals surface area contributed by atoms with Gasteiger partial charge in [-0.15, -0.1) is 0 Å². The standard InChI is InChI=1S/C17H26N2O3/c1-4-22-15-8-7-13(10-16(15)21-3)17(20)19-9-5-6-14(11-19)12(2)18/h7-8,10,12,14H,4-6,9,11,18H2,1-3H3/t12-,14+/m1/s1. The second-order valence-electron chi connectivity index (χ2n) is 5.81. The number of benzene rings is 1. The maximum absolute atomic E-state index is 12.7. The number of ether oxygens (including phenoxy) is 2. The van der Waals surface area contributed by atoms with Gasteiger partial charge in [0.1, 0.15) is 0 Å². The molecule has 0 unspecified atom stereocenters. The minimum absolute atomic E-state index is 0.0340. The Morgan fingerprint density at radius 3 is 2.86 bits per heavy atom. The molecule has 1 heterocycles. The van der Waals surface area contributed by atoms with Crippen LogP contribution in [0.5, 0.6) is 11.5 Å². The summed E-state index contributed by atoms with van der Waals surface area (Å²) in [7, 11) is 1.58. The van der Waals surface area contributed by atoms with E-state index in [0.29, 0.717) is 29.6 Å². The normalized spacial score (nSPS) is 19.6. The van der Waals surface area contributed by atoms with Crippen LogP contribution in [0.15, 0.2) is 18.2 Å². The first kappa shape index (κ1) is 16.6. The topological polar surface area (TPSA) is 64.8 Å². The number of piperidine rings is 1. The fourth-order valence-corrected chi connectivity index (χ4v) is 2.88. The van der Waals surface area contributed by atoms with Gasteiger partial charge in [0.2, 0.25) is 0 Å². The van der Waals surface area contributed by atoms with Crippen molar-refractivity contribution in [1.29, 1.82) is 0 Å². The molecule has 2 N–H and O–H groups in total. The Labute approximate surface area is 132 Å². The van der Waals surface area contributed by atoms with Crippen LogP contribution < -0.4 is 15.2 Å². The monoisotopic (exact) mass is 306 g/mol. The number of hydrogen-bond donors (Lipinski definition) is 1. The molecule has 0 radical (unpaired) electrons. The van der Waals surface area contributed by atoms with E-state index in [4.69, 9.17) is 15.2 Å². The van der Waals surface area contributed by atoms with E-state index in [1.54, 1.807) is 25.3 Å². The van der Waals surface area contributed by atoms with Crippen LogP contribution in [0.1, 0.15) is 37.0 Å². The Kier molecular flexibility index (Phi) is 5.66. The smallest absolute Gasteiger partial charge is 0.254 e. The summed E-state index contributed by atoms with van der Waals surface area (Å²) in [5, 5.41) is 0. The molecular weight excluding hydrogens is 280 g/mol. The highest BCUT2D eigenvalue weighted by Gasteiger charge is 2.26. The van der Waals surface area contributed by atoms with Crippen LogP contribution in [0.2, 0.25) is 0 Å². The Balaban J connectivity index is 2.15. The van der Waals surface area contributed by atoms with Gasteiger partial charge in [0.25, 0.3) is 5.91 Å². The third-order valence-corrected chi connectivity index (χ3v) is 4.20. The molecule has 0 spiro atoms. The maximum atomic E-state index is 12.7. The molecule has 0 aromatic heterocycles. The van der Waals surface area contributed by atoms with Gasteiger partial charge in [-0.1, -0.05) is 0 Å². The first-order valence-electron chi connectivity index (χ1n) is 7.92. The molecule has 1 amide bonds. The third kappa shape index (κ3) is 3.71. The number of rotatable bonds is 5. The number of amides is 1. The summed E-state index contributed by atoms with van der Waals surface area (Å²) in [6.45, 7) is 6.01. The second kappa shape index (κ2) is 7.49. The molecule has 1 aromatic carbocycles. The van der Waals surface area contributed by atoms with Crippen molar-refractivity contribution < 1.29 is 14.3 Å². The molecular formula is C17H26N2O3. The van der Waals surface area contributed by atoms with Crippen molar-refractivity contribution in [2.75, 3.05) is 26.8 Å². The number of nitrogens with two attached hydrogens (primary N) is 1.